The van der Waals surface area contributed by atoms with Crippen LogP contribution in [0.3, 0.4) is 0 Å². The van der Waals surface area contributed by atoms with Crippen LogP contribution in [-0.4, -0.2) is 48.1 Å². The average molecular weight is 212 g/mol. The highest BCUT2D eigenvalue weighted by Crippen LogP contribution is 1.97. The lowest BCUT2D eigenvalue weighted by Crippen LogP contribution is -2.15. The molecular weight excluding hydrogens is 200 g/mol. The van der Waals surface area contributed by atoms with Crippen molar-refractivity contribution in [3.63, 3.8) is 0 Å². The van der Waals surface area contributed by atoms with E-state index < -0.39 is 10.4 Å². The van der Waals surface area contributed by atoms with Gasteiger partial charge < -0.3 is 9.47 Å². The van der Waals surface area contributed by atoms with E-state index in [9.17, 15) is 8.42 Å². The number of rotatable bonds is 0. The third-order valence-corrected chi connectivity index (χ3v) is 2.19. The highest BCUT2D eigenvalue weighted by Gasteiger charge is 2.11. The molecule has 13 heavy (non-hydrogen) atoms. The molecule has 0 amide bonds. The molecule has 1 rings (SSSR count). The van der Waals surface area contributed by atoms with Crippen molar-refractivity contribution < 1.29 is 26.3 Å². The van der Waals surface area contributed by atoms with Crippen LogP contribution in [0.4, 0.5) is 0 Å². The molecule has 1 aliphatic heterocycles. The summed E-state index contributed by atoms with van der Waals surface area (Å²) in [6.45, 7) is 1.25. The molecule has 0 aromatic rings. The predicted molar refractivity (Wildman–Crippen MR) is 42.5 cm³/mol. The number of hydrogen-bond donors (Lipinski definition) is 0. The Bertz CT molecular complexity index is 205. The summed E-state index contributed by atoms with van der Waals surface area (Å²) in [5.41, 5.74) is 0. The van der Waals surface area contributed by atoms with Crippen LogP contribution in [0.25, 0.3) is 0 Å². The van der Waals surface area contributed by atoms with Gasteiger partial charge in [0.2, 0.25) is 0 Å². The average Bonchev–Trinajstić information content (AvgIpc) is 2.10. The van der Waals surface area contributed by atoms with E-state index in [4.69, 9.17) is 9.47 Å². The molecule has 0 aromatic carbocycles. The predicted octanol–water partition coefficient (Wildman–Crippen LogP) is -0.689. The molecule has 6 nitrogen and oxygen atoms in total. The fraction of sp³-hybridized carbons (Fsp3) is 1.00. The SMILES string of the molecule is O=S1(=O)OCCOCCOCCO1. The van der Waals surface area contributed by atoms with E-state index >= 15 is 0 Å². The Balaban J connectivity index is 2.36. The Morgan fingerprint density at radius 1 is 0.692 bits per heavy atom. The van der Waals surface area contributed by atoms with Gasteiger partial charge in [-0.25, -0.2) is 8.37 Å². The topological polar surface area (TPSA) is 71.1 Å². The summed E-state index contributed by atoms with van der Waals surface area (Å²) in [6.07, 6.45) is 0. The molecule has 7 heteroatoms. The molecule has 0 saturated carbocycles. The lowest BCUT2D eigenvalue weighted by Gasteiger charge is -2.03. The summed E-state index contributed by atoms with van der Waals surface area (Å²) in [7, 11) is -3.86. The van der Waals surface area contributed by atoms with E-state index in [1.807, 2.05) is 0 Å². The highest BCUT2D eigenvalue weighted by molar-refractivity contribution is 7.81. The zero-order valence-corrected chi connectivity index (χ0v) is 7.92. The zero-order chi connectivity index (χ0) is 9.57. The van der Waals surface area contributed by atoms with Crippen molar-refractivity contribution >= 4 is 10.4 Å². The normalized spacial score (nSPS) is 26.2. The summed E-state index contributed by atoms with van der Waals surface area (Å²) in [5.74, 6) is 0. The molecule has 1 fully saturated rings. The van der Waals surface area contributed by atoms with E-state index in [2.05, 4.69) is 8.37 Å². The third kappa shape index (κ3) is 5.17. The van der Waals surface area contributed by atoms with Crippen LogP contribution in [0.5, 0.6) is 0 Å². The third-order valence-electron chi connectivity index (χ3n) is 1.28. The van der Waals surface area contributed by atoms with Crippen LogP contribution in [0.1, 0.15) is 0 Å². The van der Waals surface area contributed by atoms with Crippen LogP contribution in [0.2, 0.25) is 0 Å². The molecule has 78 valence electrons. The van der Waals surface area contributed by atoms with Crippen molar-refractivity contribution in [2.75, 3.05) is 39.6 Å². The Morgan fingerprint density at radius 2 is 1.08 bits per heavy atom. The molecule has 1 saturated heterocycles. The van der Waals surface area contributed by atoms with Crippen LogP contribution >= 0.6 is 0 Å². The minimum Gasteiger partial charge on any atom is -0.377 e. The summed E-state index contributed by atoms with van der Waals surface area (Å²) in [6, 6.07) is 0. The van der Waals surface area contributed by atoms with Gasteiger partial charge in [0.1, 0.15) is 0 Å². The summed E-state index contributed by atoms with van der Waals surface area (Å²) < 4.78 is 40.5. The van der Waals surface area contributed by atoms with Crippen molar-refractivity contribution in [1.29, 1.82) is 0 Å². The van der Waals surface area contributed by atoms with E-state index in [0.717, 1.165) is 0 Å². The van der Waals surface area contributed by atoms with E-state index in [-0.39, 0.29) is 26.4 Å². The van der Waals surface area contributed by atoms with Gasteiger partial charge in [-0.1, -0.05) is 0 Å². The van der Waals surface area contributed by atoms with Crippen LogP contribution in [-0.2, 0) is 28.2 Å². The first-order valence-electron chi connectivity index (χ1n) is 3.90. The van der Waals surface area contributed by atoms with Gasteiger partial charge in [0.05, 0.1) is 39.6 Å². The molecule has 0 spiro atoms. The molecule has 0 N–H and O–H groups in total. The molecule has 0 radical (unpaired) electrons. The molecule has 1 heterocycles. The standard InChI is InChI=1S/C6H12O6S/c7-13(8)11-5-3-9-1-2-10-4-6-12-13/h1-6H2. The van der Waals surface area contributed by atoms with Crippen molar-refractivity contribution in [3.8, 4) is 0 Å². The fourth-order valence-corrected chi connectivity index (χ4v) is 1.36. The Morgan fingerprint density at radius 3 is 1.54 bits per heavy atom. The van der Waals surface area contributed by atoms with Gasteiger partial charge in [-0.2, -0.15) is 8.42 Å². The minimum atomic E-state index is -3.86. The Labute approximate surface area is 77.1 Å². The van der Waals surface area contributed by atoms with Gasteiger partial charge >= 0.3 is 10.4 Å². The maximum absolute atomic E-state index is 10.8. The second kappa shape index (κ2) is 5.51. The molecular formula is C6H12O6S. The smallest absolute Gasteiger partial charge is 0.377 e. The second-order valence-electron chi connectivity index (χ2n) is 2.28. The lowest BCUT2D eigenvalue weighted by molar-refractivity contribution is 0.0375. The van der Waals surface area contributed by atoms with Crippen molar-refractivity contribution in [1.82, 2.24) is 0 Å². The molecule has 0 bridgehead atoms. The molecule has 0 aromatic heterocycles. The van der Waals surface area contributed by atoms with Gasteiger partial charge in [0, 0.05) is 0 Å². The first-order chi connectivity index (χ1) is 6.21. The Kier molecular flexibility index (Phi) is 4.60. The van der Waals surface area contributed by atoms with Gasteiger partial charge in [-0.05, 0) is 0 Å². The van der Waals surface area contributed by atoms with Gasteiger partial charge in [0.25, 0.3) is 0 Å². The molecule has 1 aliphatic rings. The maximum Gasteiger partial charge on any atom is 0.400 e. The van der Waals surface area contributed by atoms with E-state index in [1.54, 1.807) is 0 Å². The summed E-state index contributed by atoms with van der Waals surface area (Å²) >= 11 is 0. The van der Waals surface area contributed by atoms with Gasteiger partial charge in [-0.15, -0.1) is 0 Å². The molecule has 0 unspecified atom stereocenters. The van der Waals surface area contributed by atoms with Crippen LogP contribution < -0.4 is 0 Å². The van der Waals surface area contributed by atoms with Crippen LogP contribution in [0, 0.1) is 0 Å². The molecule has 0 atom stereocenters. The quantitative estimate of drug-likeness (QED) is 0.529. The fourth-order valence-electron chi connectivity index (χ4n) is 0.746. The first-order valence-corrected chi connectivity index (χ1v) is 5.23. The van der Waals surface area contributed by atoms with Crippen molar-refractivity contribution in [3.05, 3.63) is 0 Å². The summed E-state index contributed by atoms with van der Waals surface area (Å²) in [4.78, 5) is 0. The Hall–Kier alpha value is -0.210. The monoisotopic (exact) mass is 212 g/mol. The molecule has 0 aliphatic carbocycles. The maximum atomic E-state index is 10.8. The lowest BCUT2D eigenvalue weighted by atomic mass is 10.7. The van der Waals surface area contributed by atoms with Crippen molar-refractivity contribution in [2.24, 2.45) is 0 Å². The van der Waals surface area contributed by atoms with Crippen molar-refractivity contribution in [2.45, 2.75) is 0 Å². The van der Waals surface area contributed by atoms with E-state index in [1.165, 1.54) is 0 Å². The minimum absolute atomic E-state index is 0.0255. The number of ether oxygens (including phenoxy) is 2. The summed E-state index contributed by atoms with van der Waals surface area (Å²) in [5, 5.41) is 0. The highest BCUT2D eigenvalue weighted by atomic mass is 32.3. The second-order valence-corrected chi connectivity index (χ2v) is 3.56. The number of hydrogen-bond acceptors (Lipinski definition) is 6. The largest absolute Gasteiger partial charge is 0.400 e. The zero-order valence-electron chi connectivity index (χ0n) is 7.10. The van der Waals surface area contributed by atoms with E-state index in [0.29, 0.717) is 13.2 Å². The van der Waals surface area contributed by atoms with Gasteiger partial charge in [0.15, 0.2) is 0 Å². The van der Waals surface area contributed by atoms with Crippen LogP contribution in [0.15, 0.2) is 0 Å². The van der Waals surface area contributed by atoms with Gasteiger partial charge in [-0.3, -0.25) is 0 Å². The first kappa shape index (κ1) is 10.9.